The molecule has 1 fully saturated rings. The molecule has 1 aliphatic heterocycles. The predicted molar refractivity (Wildman–Crippen MR) is 56.6 cm³/mol. The Labute approximate surface area is 94.9 Å². The van der Waals surface area contributed by atoms with Gasteiger partial charge in [0.25, 0.3) is 0 Å². The molecule has 0 aromatic rings. The van der Waals surface area contributed by atoms with Crippen molar-refractivity contribution in [3.63, 3.8) is 0 Å². The molecular weight excluding hydrogens is 212 g/mol. The van der Waals surface area contributed by atoms with Crippen molar-refractivity contribution in [2.75, 3.05) is 33.5 Å². The van der Waals surface area contributed by atoms with Gasteiger partial charge < -0.3 is 19.7 Å². The molecule has 16 heavy (non-hydrogen) atoms. The zero-order chi connectivity index (χ0) is 11.8. The van der Waals surface area contributed by atoms with Gasteiger partial charge in [-0.15, -0.1) is 0 Å². The van der Waals surface area contributed by atoms with Crippen LogP contribution in [0.2, 0.25) is 0 Å². The third-order valence-corrected chi connectivity index (χ3v) is 2.49. The lowest BCUT2D eigenvalue weighted by Gasteiger charge is -2.23. The molecule has 1 atom stereocenters. The number of carbonyl (C=O) groups excluding carboxylic acids is 2. The molecule has 1 aliphatic rings. The Morgan fingerprint density at radius 1 is 1.56 bits per heavy atom. The third-order valence-electron chi connectivity index (χ3n) is 2.49. The smallest absolute Gasteiger partial charge is 0.250 e. The van der Waals surface area contributed by atoms with Crippen molar-refractivity contribution in [2.45, 2.75) is 19.0 Å². The van der Waals surface area contributed by atoms with Crippen molar-refractivity contribution < 1.29 is 19.1 Å². The highest BCUT2D eigenvalue weighted by atomic mass is 16.5. The van der Waals surface area contributed by atoms with Crippen LogP contribution in [-0.4, -0.2) is 56.9 Å². The summed E-state index contributed by atoms with van der Waals surface area (Å²) < 4.78 is 9.94. The summed E-state index contributed by atoms with van der Waals surface area (Å²) in [5, 5.41) is 2.62. The lowest BCUT2D eigenvalue weighted by Crippen LogP contribution is -2.45. The fourth-order valence-electron chi connectivity index (χ4n) is 1.70. The quantitative estimate of drug-likeness (QED) is 0.466. The molecule has 1 N–H and O–H groups in total. The van der Waals surface area contributed by atoms with Gasteiger partial charge in [0.1, 0.15) is 12.8 Å². The maximum atomic E-state index is 11.7. The van der Waals surface area contributed by atoms with E-state index in [1.807, 2.05) is 0 Å². The maximum Gasteiger partial charge on any atom is 0.250 e. The number of nitrogens with one attached hydrogen (secondary N) is 1. The zero-order valence-corrected chi connectivity index (χ0v) is 9.48. The first-order chi connectivity index (χ1) is 7.79. The van der Waals surface area contributed by atoms with E-state index in [2.05, 4.69) is 5.32 Å². The van der Waals surface area contributed by atoms with Crippen LogP contribution >= 0.6 is 0 Å². The van der Waals surface area contributed by atoms with Crippen molar-refractivity contribution in [3.8, 4) is 0 Å². The summed E-state index contributed by atoms with van der Waals surface area (Å²) in [7, 11) is 1.58. The Hall–Kier alpha value is -1.14. The van der Waals surface area contributed by atoms with Gasteiger partial charge in [0.2, 0.25) is 12.3 Å². The van der Waals surface area contributed by atoms with E-state index in [4.69, 9.17) is 9.47 Å². The van der Waals surface area contributed by atoms with Gasteiger partial charge in [0.05, 0.1) is 13.2 Å². The Morgan fingerprint density at radius 3 is 3.06 bits per heavy atom. The summed E-state index contributed by atoms with van der Waals surface area (Å²) in [6.07, 6.45) is 2.18. The molecule has 1 rings (SSSR count). The second-order valence-electron chi connectivity index (χ2n) is 3.58. The van der Waals surface area contributed by atoms with Crippen molar-refractivity contribution in [2.24, 2.45) is 0 Å². The molecule has 0 spiro atoms. The highest BCUT2D eigenvalue weighted by molar-refractivity contribution is 5.78. The van der Waals surface area contributed by atoms with Gasteiger partial charge in [-0.2, -0.15) is 0 Å². The van der Waals surface area contributed by atoms with Gasteiger partial charge in [-0.3, -0.25) is 9.59 Å². The van der Waals surface area contributed by atoms with Crippen molar-refractivity contribution in [1.82, 2.24) is 10.2 Å². The van der Waals surface area contributed by atoms with Crippen LogP contribution in [0.4, 0.5) is 0 Å². The minimum atomic E-state index is -0.170. The monoisotopic (exact) mass is 230 g/mol. The molecule has 2 amide bonds. The summed E-state index contributed by atoms with van der Waals surface area (Å²) >= 11 is 0. The van der Waals surface area contributed by atoms with Crippen molar-refractivity contribution >= 4 is 12.3 Å². The standard InChI is InChI=1S/C10H18N2O4/c1-15-5-6-16-7-10(14)12-4-2-3-9(12)11-8-13/h8-9H,2-7H2,1H3,(H,11,13). The number of likely N-dealkylation sites (tertiary alicyclic amines) is 1. The molecule has 92 valence electrons. The summed E-state index contributed by atoms with van der Waals surface area (Å²) in [5.41, 5.74) is 0. The van der Waals surface area contributed by atoms with Gasteiger partial charge in [0, 0.05) is 13.7 Å². The lowest BCUT2D eigenvalue weighted by molar-refractivity contribution is -0.138. The van der Waals surface area contributed by atoms with Crippen LogP contribution in [0.3, 0.4) is 0 Å². The number of carbonyl (C=O) groups is 2. The number of hydrogen-bond acceptors (Lipinski definition) is 4. The van der Waals surface area contributed by atoms with Crippen LogP contribution < -0.4 is 5.32 Å². The van der Waals surface area contributed by atoms with Gasteiger partial charge in [-0.25, -0.2) is 0 Å². The van der Waals surface area contributed by atoms with E-state index in [1.165, 1.54) is 0 Å². The van der Waals surface area contributed by atoms with Gasteiger partial charge >= 0.3 is 0 Å². The van der Waals surface area contributed by atoms with Crippen LogP contribution in [0.5, 0.6) is 0 Å². The Morgan fingerprint density at radius 2 is 2.38 bits per heavy atom. The normalized spacial score (nSPS) is 19.8. The molecule has 1 heterocycles. The first kappa shape index (κ1) is 12.9. The molecule has 0 radical (unpaired) electrons. The van der Waals surface area contributed by atoms with Crippen LogP contribution in [0.25, 0.3) is 0 Å². The summed E-state index contributed by atoms with van der Waals surface area (Å²) in [6, 6.07) is 0. The van der Waals surface area contributed by atoms with E-state index in [-0.39, 0.29) is 18.7 Å². The molecule has 0 aliphatic carbocycles. The third kappa shape index (κ3) is 3.79. The summed E-state index contributed by atoms with van der Waals surface area (Å²) in [5.74, 6) is -0.0899. The first-order valence-electron chi connectivity index (χ1n) is 5.35. The summed E-state index contributed by atoms with van der Waals surface area (Å²) in [4.78, 5) is 23.7. The van der Waals surface area contributed by atoms with Gasteiger partial charge in [-0.1, -0.05) is 0 Å². The topological polar surface area (TPSA) is 67.9 Å². The number of rotatable bonds is 7. The maximum absolute atomic E-state index is 11.7. The van der Waals surface area contributed by atoms with E-state index in [9.17, 15) is 9.59 Å². The highest BCUT2D eigenvalue weighted by Gasteiger charge is 2.27. The molecule has 0 bridgehead atoms. The largest absolute Gasteiger partial charge is 0.382 e. The number of methoxy groups -OCH3 is 1. The predicted octanol–water partition coefficient (Wildman–Crippen LogP) is -0.656. The van der Waals surface area contributed by atoms with Crippen LogP contribution in [0, 0.1) is 0 Å². The number of amides is 2. The number of nitrogens with zero attached hydrogens (tertiary/aromatic N) is 1. The molecule has 0 saturated carbocycles. The molecule has 0 aromatic carbocycles. The SMILES string of the molecule is COCCOCC(=O)N1CCCC1NC=O. The Kier molecular flexibility index (Phi) is 5.81. The lowest BCUT2D eigenvalue weighted by atomic mass is 10.3. The van der Waals surface area contributed by atoms with Gasteiger partial charge in [-0.05, 0) is 12.8 Å². The van der Waals surface area contributed by atoms with Crippen LogP contribution in [0.1, 0.15) is 12.8 Å². The zero-order valence-electron chi connectivity index (χ0n) is 9.48. The average Bonchev–Trinajstić information content (AvgIpc) is 2.73. The fourth-order valence-corrected chi connectivity index (χ4v) is 1.70. The Balaban J connectivity index is 2.26. The minimum Gasteiger partial charge on any atom is -0.382 e. The van der Waals surface area contributed by atoms with E-state index in [0.717, 1.165) is 12.8 Å². The highest BCUT2D eigenvalue weighted by Crippen LogP contribution is 2.14. The number of ether oxygens (including phenoxy) is 2. The molecular formula is C10H18N2O4. The second kappa shape index (κ2) is 7.19. The first-order valence-corrected chi connectivity index (χ1v) is 5.35. The van der Waals surface area contributed by atoms with E-state index in [1.54, 1.807) is 12.0 Å². The molecule has 6 nitrogen and oxygen atoms in total. The molecule has 0 aromatic heterocycles. The van der Waals surface area contributed by atoms with E-state index in [0.29, 0.717) is 26.2 Å². The van der Waals surface area contributed by atoms with Crippen LogP contribution in [0.15, 0.2) is 0 Å². The molecule has 1 saturated heterocycles. The second-order valence-corrected chi connectivity index (χ2v) is 3.58. The van der Waals surface area contributed by atoms with E-state index < -0.39 is 0 Å². The fraction of sp³-hybridized carbons (Fsp3) is 0.800. The van der Waals surface area contributed by atoms with Gasteiger partial charge in [0.15, 0.2) is 0 Å². The van der Waals surface area contributed by atoms with E-state index >= 15 is 0 Å². The molecule has 6 heteroatoms. The molecule has 1 unspecified atom stereocenters. The van der Waals surface area contributed by atoms with Crippen molar-refractivity contribution in [1.29, 1.82) is 0 Å². The average molecular weight is 230 g/mol. The summed E-state index contributed by atoms with van der Waals surface area (Å²) in [6.45, 7) is 1.60. The number of hydrogen-bond donors (Lipinski definition) is 1. The van der Waals surface area contributed by atoms with Crippen LogP contribution in [-0.2, 0) is 19.1 Å². The van der Waals surface area contributed by atoms with Crippen molar-refractivity contribution in [3.05, 3.63) is 0 Å². The Bertz CT molecular complexity index is 235. The minimum absolute atomic E-state index is 0.0421.